The van der Waals surface area contributed by atoms with Gasteiger partial charge in [0, 0.05) is 25.7 Å². The molecule has 23 heavy (non-hydrogen) atoms. The van der Waals surface area contributed by atoms with Crippen LogP contribution in [0.25, 0.3) is 0 Å². The van der Waals surface area contributed by atoms with Gasteiger partial charge in [0.05, 0.1) is 12.3 Å². The van der Waals surface area contributed by atoms with E-state index in [0.29, 0.717) is 31.6 Å². The molecule has 1 saturated heterocycles. The molecule has 0 amide bonds. The van der Waals surface area contributed by atoms with E-state index in [2.05, 4.69) is 22.1 Å². The topological polar surface area (TPSA) is 91.0 Å². The molecule has 7 nitrogen and oxygen atoms in total. The molecule has 0 spiro atoms. The average molecular weight is 461 g/mol. The Bertz CT molecular complexity index is 454. The van der Waals surface area contributed by atoms with Crippen molar-refractivity contribution in [1.82, 2.24) is 14.5 Å². The normalized spacial score (nSPS) is 19.8. The van der Waals surface area contributed by atoms with E-state index in [4.69, 9.17) is 5.73 Å². The van der Waals surface area contributed by atoms with Crippen molar-refractivity contribution >= 4 is 40.0 Å². The second kappa shape index (κ2) is 11.4. The Morgan fingerprint density at radius 3 is 2.57 bits per heavy atom. The molecule has 0 aliphatic carbocycles. The Balaban J connectivity index is 0.00000484. The highest BCUT2D eigenvalue weighted by atomic mass is 127. The molecule has 1 heterocycles. The number of likely N-dealkylation sites (N-methyl/N-ethyl adjacent to an activating group) is 1. The summed E-state index contributed by atoms with van der Waals surface area (Å²) in [6.45, 7) is 9.96. The van der Waals surface area contributed by atoms with Gasteiger partial charge in [-0.3, -0.25) is 9.89 Å². The predicted molar refractivity (Wildman–Crippen MR) is 107 cm³/mol. The van der Waals surface area contributed by atoms with Crippen LogP contribution in [0.2, 0.25) is 0 Å². The lowest BCUT2D eigenvalue weighted by Gasteiger charge is -2.21. The summed E-state index contributed by atoms with van der Waals surface area (Å²) in [6.07, 6.45) is 2.37. The van der Waals surface area contributed by atoms with Crippen LogP contribution in [0.1, 0.15) is 33.6 Å². The Morgan fingerprint density at radius 1 is 1.35 bits per heavy atom. The summed E-state index contributed by atoms with van der Waals surface area (Å²) >= 11 is 0. The molecule has 0 bridgehead atoms. The van der Waals surface area contributed by atoms with Crippen molar-refractivity contribution in [1.29, 1.82) is 0 Å². The first-order valence-electron chi connectivity index (χ1n) is 8.20. The molecular formula is C14H32IN5O2S. The molecule has 1 unspecified atom stereocenters. The maximum atomic E-state index is 12.0. The fourth-order valence-electron chi connectivity index (χ4n) is 2.83. The first kappa shape index (κ1) is 22.9. The van der Waals surface area contributed by atoms with Gasteiger partial charge in [0.1, 0.15) is 0 Å². The average Bonchev–Trinajstić information content (AvgIpc) is 2.93. The molecule has 0 radical (unpaired) electrons. The van der Waals surface area contributed by atoms with Crippen LogP contribution in [0, 0.1) is 0 Å². The number of guanidine groups is 1. The van der Waals surface area contributed by atoms with E-state index in [1.807, 2.05) is 13.8 Å². The third kappa shape index (κ3) is 7.53. The van der Waals surface area contributed by atoms with E-state index in [-0.39, 0.29) is 36.3 Å². The smallest absolute Gasteiger partial charge is 0.215 e. The molecular weight excluding hydrogens is 429 g/mol. The Labute approximate surface area is 158 Å². The van der Waals surface area contributed by atoms with Gasteiger partial charge in [0.2, 0.25) is 10.0 Å². The van der Waals surface area contributed by atoms with Crippen LogP contribution in [0.3, 0.4) is 0 Å². The van der Waals surface area contributed by atoms with Crippen LogP contribution in [-0.4, -0.2) is 74.6 Å². The maximum Gasteiger partial charge on any atom is 0.215 e. The van der Waals surface area contributed by atoms with Crippen molar-refractivity contribution in [3.8, 4) is 0 Å². The third-order valence-electron chi connectivity index (χ3n) is 4.14. The molecule has 0 aromatic carbocycles. The van der Waals surface area contributed by atoms with E-state index in [0.717, 1.165) is 19.5 Å². The molecule has 0 aromatic heterocycles. The van der Waals surface area contributed by atoms with Crippen molar-refractivity contribution in [3.05, 3.63) is 0 Å². The number of halogens is 1. The minimum Gasteiger partial charge on any atom is -0.370 e. The predicted octanol–water partition coefficient (Wildman–Crippen LogP) is 0.665. The van der Waals surface area contributed by atoms with Crippen molar-refractivity contribution < 1.29 is 8.42 Å². The second-order valence-corrected chi connectivity index (χ2v) is 7.57. The third-order valence-corrected chi connectivity index (χ3v) is 6.17. The highest BCUT2D eigenvalue weighted by Gasteiger charge is 2.22. The molecule has 1 atom stereocenters. The van der Waals surface area contributed by atoms with Crippen LogP contribution >= 0.6 is 24.0 Å². The molecule has 0 saturated carbocycles. The molecule has 1 rings (SSSR count). The number of likely N-dealkylation sites (tertiary alicyclic amines) is 1. The number of hydrogen-bond donors (Lipinski definition) is 2. The zero-order valence-corrected chi connectivity index (χ0v) is 17.6. The molecule has 1 aliphatic rings. The Hall–Kier alpha value is -0.130. The van der Waals surface area contributed by atoms with Crippen LogP contribution < -0.4 is 11.1 Å². The summed E-state index contributed by atoms with van der Waals surface area (Å²) in [6, 6.07) is 0.463. The summed E-state index contributed by atoms with van der Waals surface area (Å²) < 4.78 is 25.5. The van der Waals surface area contributed by atoms with E-state index < -0.39 is 10.0 Å². The molecule has 1 fully saturated rings. The first-order chi connectivity index (χ1) is 10.4. The molecule has 0 aromatic rings. The van der Waals surface area contributed by atoms with Crippen molar-refractivity contribution in [2.75, 3.05) is 45.0 Å². The molecule has 9 heteroatoms. The van der Waals surface area contributed by atoms with Gasteiger partial charge in [-0.25, -0.2) is 12.7 Å². The first-order valence-corrected chi connectivity index (χ1v) is 9.81. The minimum absolute atomic E-state index is 0. The second-order valence-electron chi connectivity index (χ2n) is 5.48. The summed E-state index contributed by atoms with van der Waals surface area (Å²) in [5.74, 6) is 0.368. The minimum atomic E-state index is -3.21. The standard InChI is InChI=1S/C14H31N5O2S.HI/c1-4-18-10-7-8-13(18)12-17-14(15)16-9-11-22(20,21)19(5-2)6-3;/h13H,4-12H2,1-3H3,(H3,15,16,17);1H. The number of hydrogen-bond acceptors (Lipinski definition) is 4. The van der Waals surface area contributed by atoms with Gasteiger partial charge in [0.15, 0.2) is 5.96 Å². The van der Waals surface area contributed by atoms with E-state index >= 15 is 0 Å². The monoisotopic (exact) mass is 461 g/mol. The van der Waals surface area contributed by atoms with Crippen LogP contribution in [0.15, 0.2) is 4.99 Å². The maximum absolute atomic E-state index is 12.0. The van der Waals surface area contributed by atoms with E-state index in [1.165, 1.54) is 10.7 Å². The van der Waals surface area contributed by atoms with Gasteiger partial charge < -0.3 is 11.1 Å². The van der Waals surface area contributed by atoms with Gasteiger partial charge in [-0.1, -0.05) is 20.8 Å². The SMILES string of the molecule is CCN1CCCC1CN=C(N)NCCS(=O)(=O)N(CC)CC.I. The summed E-state index contributed by atoms with van der Waals surface area (Å²) in [5.41, 5.74) is 5.82. The largest absolute Gasteiger partial charge is 0.370 e. The van der Waals surface area contributed by atoms with Crippen molar-refractivity contribution in [2.45, 2.75) is 39.7 Å². The lowest BCUT2D eigenvalue weighted by molar-refractivity contribution is 0.273. The van der Waals surface area contributed by atoms with Crippen molar-refractivity contribution in [2.24, 2.45) is 10.7 Å². The number of nitrogens with one attached hydrogen (secondary N) is 1. The van der Waals surface area contributed by atoms with Crippen LogP contribution in [0.4, 0.5) is 0 Å². The van der Waals surface area contributed by atoms with Gasteiger partial charge >= 0.3 is 0 Å². The van der Waals surface area contributed by atoms with Crippen LogP contribution in [0.5, 0.6) is 0 Å². The number of rotatable bonds is 9. The number of nitrogens with zero attached hydrogens (tertiary/aromatic N) is 3. The van der Waals surface area contributed by atoms with Crippen molar-refractivity contribution in [3.63, 3.8) is 0 Å². The lowest BCUT2D eigenvalue weighted by atomic mass is 10.2. The lowest BCUT2D eigenvalue weighted by Crippen LogP contribution is -2.40. The highest BCUT2D eigenvalue weighted by Crippen LogP contribution is 2.16. The highest BCUT2D eigenvalue weighted by molar-refractivity contribution is 14.0. The van der Waals surface area contributed by atoms with Gasteiger partial charge in [-0.2, -0.15) is 0 Å². The van der Waals surface area contributed by atoms with E-state index in [9.17, 15) is 8.42 Å². The summed E-state index contributed by atoms with van der Waals surface area (Å²) in [4.78, 5) is 6.75. The van der Waals surface area contributed by atoms with Gasteiger partial charge in [-0.05, 0) is 25.9 Å². The number of aliphatic imine (C=N–C) groups is 1. The number of sulfonamides is 1. The molecule has 138 valence electrons. The fraction of sp³-hybridized carbons (Fsp3) is 0.929. The quantitative estimate of drug-likeness (QED) is 0.299. The molecule has 1 aliphatic heterocycles. The zero-order valence-electron chi connectivity index (χ0n) is 14.5. The fourth-order valence-corrected chi connectivity index (χ4v) is 4.24. The Kier molecular flexibility index (Phi) is 11.4. The van der Waals surface area contributed by atoms with E-state index in [1.54, 1.807) is 0 Å². The summed E-state index contributed by atoms with van der Waals surface area (Å²) in [7, 11) is -3.21. The zero-order chi connectivity index (χ0) is 16.6. The Morgan fingerprint density at radius 2 is 2.00 bits per heavy atom. The molecule has 3 N–H and O–H groups in total. The van der Waals surface area contributed by atoms with Gasteiger partial charge in [0.25, 0.3) is 0 Å². The van der Waals surface area contributed by atoms with Gasteiger partial charge in [-0.15, -0.1) is 24.0 Å². The summed E-state index contributed by atoms with van der Waals surface area (Å²) in [5, 5.41) is 2.90. The van der Waals surface area contributed by atoms with Crippen LogP contribution in [-0.2, 0) is 10.0 Å². The number of nitrogens with two attached hydrogens (primary N) is 1.